The van der Waals surface area contributed by atoms with E-state index < -0.39 is 40.5 Å². The number of carbonyl (C=O) groups excluding carboxylic acids is 4. The number of ketones is 1. The van der Waals surface area contributed by atoms with Gasteiger partial charge in [0, 0.05) is 18.5 Å². The van der Waals surface area contributed by atoms with Gasteiger partial charge in [0.15, 0.2) is 0 Å². The van der Waals surface area contributed by atoms with Crippen molar-refractivity contribution in [2.45, 2.75) is 44.3 Å². The molecule has 2 heterocycles. The number of Topliss-reactive ketones (excluding diaryl/α,β-unsaturated/α-hetero) is 1. The highest BCUT2D eigenvalue weighted by atomic mass is 35.5. The third-order valence-electron chi connectivity index (χ3n) is 6.05. The number of carbonyl (C=O) groups is 4. The fourth-order valence-corrected chi connectivity index (χ4v) is 4.48. The van der Waals surface area contributed by atoms with Gasteiger partial charge in [-0.1, -0.05) is 30.3 Å². The zero-order chi connectivity index (χ0) is 25.5. The Kier molecular flexibility index (Phi) is 6.55. The Morgan fingerprint density at radius 1 is 1.06 bits per heavy atom. The Hall–Kier alpha value is -3.46. The molecule has 1 atom stereocenters. The first kappa shape index (κ1) is 24.7. The molecule has 0 spiro atoms. The number of allylic oxidation sites excluding steroid dienone is 1. The smallest absolute Gasteiger partial charge is 0.329 e. The van der Waals surface area contributed by atoms with E-state index >= 15 is 0 Å². The summed E-state index contributed by atoms with van der Waals surface area (Å²) in [7, 11) is 0. The number of imide groups is 1. The van der Waals surface area contributed by atoms with Crippen molar-refractivity contribution < 1.29 is 32.3 Å². The molecule has 182 valence electrons. The number of hydrogen-bond acceptors (Lipinski definition) is 4. The van der Waals surface area contributed by atoms with Gasteiger partial charge in [-0.15, -0.1) is 0 Å². The standard InChI is InChI=1S/C25H20ClF3N2O4/c1-13-2-9-21(22(33)30-13)31-23(34)17-7-4-14(11-18(17)24(31)35)3-6-16(32)10-15-5-8-20(26)19(12-15)25(27,28)29/h4-5,7-8,11-12,21H,1-3,6,9-10H2,(H,30,33). The monoisotopic (exact) mass is 504 g/mol. The molecule has 4 rings (SSSR count). The van der Waals surface area contributed by atoms with Gasteiger partial charge in [0.25, 0.3) is 11.8 Å². The van der Waals surface area contributed by atoms with Crippen molar-refractivity contribution in [1.82, 2.24) is 10.2 Å². The van der Waals surface area contributed by atoms with Crippen LogP contribution in [-0.2, 0) is 28.6 Å². The lowest BCUT2D eigenvalue weighted by Gasteiger charge is -2.29. The maximum atomic E-state index is 13.0. The van der Waals surface area contributed by atoms with Crippen LogP contribution in [0.15, 0.2) is 48.7 Å². The minimum atomic E-state index is -4.62. The van der Waals surface area contributed by atoms with Gasteiger partial charge in [-0.25, -0.2) is 0 Å². The van der Waals surface area contributed by atoms with Gasteiger partial charge in [0.1, 0.15) is 11.8 Å². The number of rotatable bonds is 6. The summed E-state index contributed by atoms with van der Waals surface area (Å²) in [5, 5.41) is 2.13. The molecule has 0 bridgehead atoms. The molecule has 1 unspecified atom stereocenters. The molecule has 2 aromatic carbocycles. The minimum absolute atomic E-state index is 0.0295. The van der Waals surface area contributed by atoms with Crippen LogP contribution in [0, 0.1) is 0 Å². The quantitative estimate of drug-likeness (QED) is 0.587. The molecular formula is C25H20ClF3N2O4. The van der Waals surface area contributed by atoms with E-state index in [1.165, 1.54) is 18.2 Å². The summed E-state index contributed by atoms with van der Waals surface area (Å²) < 4.78 is 39.1. The molecule has 1 N–H and O–H groups in total. The number of nitrogens with one attached hydrogen (secondary N) is 1. The number of alkyl halides is 3. The highest BCUT2D eigenvalue weighted by molar-refractivity contribution is 6.31. The largest absolute Gasteiger partial charge is 0.417 e. The van der Waals surface area contributed by atoms with E-state index in [0.29, 0.717) is 17.7 Å². The van der Waals surface area contributed by atoms with E-state index in [1.807, 2.05) is 0 Å². The summed E-state index contributed by atoms with van der Waals surface area (Å²) in [5.74, 6) is -1.88. The third-order valence-corrected chi connectivity index (χ3v) is 6.38. The number of fused-ring (bicyclic) bond motifs is 1. The Labute approximate surface area is 203 Å². The fourth-order valence-electron chi connectivity index (χ4n) is 4.25. The van der Waals surface area contributed by atoms with Crippen LogP contribution in [0.25, 0.3) is 0 Å². The second-order valence-corrected chi connectivity index (χ2v) is 8.94. The van der Waals surface area contributed by atoms with E-state index in [4.69, 9.17) is 11.6 Å². The molecule has 2 aliphatic heterocycles. The molecule has 0 aliphatic carbocycles. The van der Waals surface area contributed by atoms with Gasteiger partial charge in [-0.3, -0.25) is 24.1 Å². The molecular weight excluding hydrogens is 485 g/mol. The summed E-state index contributed by atoms with van der Waals surface area (Å²) in [6, 6.07) is 7.07. The van der Waals surface area contributed by atoms with Crippen LogP contribution >= 0.6 is 11.6 Å². The number of halogens is 4. The van der Waals surface area contributed by atoms with Gasteiger partial charge < -0.3 is 5.32 Å². The molecule has 10 heteroatoms. The lowest BCUT2D eigenvalue weighted by Crippen LogP contribution is -2.51. The third kappa shape index (κ3) is 5.00. The lowest BCUT2D eigenvalue weighted by molar-refractivity contribution is -0.137. The van der Waals surface area contributed by atoms with Crippen LogP contribution in [0.4, 0.5) is 13.2 Å². The van der Waals surface area contributed by atoms with Crippen molar-refractivity contribution >= 4 is 35.1 Å². The number of aryl methyl sites for hydroxylation is 1. The lowest BCUT2D eigenvalue weighted by atomic mass is 9.99. The first-order chi connectivity index (χ1) is 16.5. The van der Waals surface area contributed by atoms with E-state index in [2.05, 4.69) is 11.9 Å². The van der Waals surface area contributed by atoms with Crippen molar-refractivity contribution in [3.8, 4) is 0 Å². The zero-order valence-electron chi connectivity index (χ0n) is 18.4. The van der Waals surface area contributed by atoms with E-state index in [0.717, 1.165) is 17.0 Å². The molecule has 0 aromatic heterocycles. The van der Waals surface area contributed by atoms with Crippen LogP contribution in [0.2, 0.25) is 5.02 Å². The Morgan fingerprint density at radius 3 is 2.43 bits per heavy atom. The first-order valence-electron chi connectivity index (χ1n) is 10.8. The van der Waals surface area contributed by atoms with E-state index in [1.54, 1.807) is 6.07 Å². The Morgan fingerprint density at radius 2 is 1.74 bits per heavy atom. The molecule has 0 radical (unpaired) electrons. The number of amides is 3. The molecule has 1 fully saturated rings. The average molecular weight is 505 g/mol. The highest BCUT2D eigenvalue weighted by Gasteiger charge is 2.44. The van der Waals surface area contributed by atoms with Gasteiger partial charge in [0.05, 0.1) is 21.7 Å². The summed E-state index contributed by atoms with van der Waals surface area (Å²) >= 11 is 5.62. The molecule has 0 saturated carbocycles. The first-order valence-corrected chi connectivity index (χ1v) is 11.2. The van der Waals surface area contributed by atoms with E-state index in [-0.39, 0.29) is 48.2 Å². The maximum Gasteiger partial charge on any atom is 0.417 e. The predicted octanol–water partition coefficient (Wildman–Crippen LogP) is 4.49. The van der Waals surface area contributed by atoms with Crippen molar-refractivity contribution in [3.05, 3.63) is 81.5 Å². The maximum absolute atomic E-state index is 13.0. The van der Waals surface area contributed by atoms with E-state index in [9.17, 15) is 32.3 Å². The number of nitrogens with zero attached hydrogens (tertiary/aromatic N) is 1. The zero-order valence-corrected chi connectivity index (χ0v) is 19.1. The Bertz CT molecular complexity index is 1270. The molecule has 2 aliphatic rings. The summed E-state index contributed by atoms with van der Waals surface area (Å²) in [5.41, 5.74) is 0.696. The van der Waals surface area contributed by atoms with Gasteiger partial charge >= 0.3 is 6.18 Å². The van der Waals surface area contributed by atoms with Crippen molar-refractivity contribution in [1.29, 1.82) is 0 Å². The van der Waals surface area contributed by atoms with Gasteiger partial charge in [-0.2, -0.15) is 13.2 Å². The summed E-state index contributed by atoms with van der Waals surface area (Å²) in [6.45, 7) is 3.69. The van der Waals surface area contributed by atoms with Crippen LogP contribution in [0.5, 0.6) is 0 Å². The molecule has 2 aromatic rings. The predicted molar refractivity (Wildman–Crippen MR) is 121 cm³/mol. The fraction of sp³-hybridized carbons (Fsp3) is 0.280. The molecule has 1 saturated heterocycles. The van der Waals surface area contributed by atoms with Crippen molar-refractivity contribution in [3.63, 3.8) is 0 Å². The summed E-state index contributed by atoms with van der Waals surface area (Å²) in [4.78, 5) is 51.4. The molecule has 3 amide bonds. The average Bonchev–Trinajstić information content (AvgIpc) is 3.03. The highest BCUT2D eigenvalue weighted by Crippen LogP contribution is 2.35. The SMILES string of the molecule is C=C1CCC(N2C(=O)c3ccc(CCC(=O)Cc4ccc(Cl)c(C(F)(F)F)c4)cc3C2=O)C(=O)N1. The van der Waals surface area contributed by atoms with Crippen LogP contribution < -0.4 is 5.32 Å². The van der Waals surface area contributed by atoms with Crippen LogP contribution in [0.3, 0.4) is 0 Å². The summed E-state index contributed by atoms with van der Waals surface area (Å²) in [6.07, 6.45) is -3.81. The number of hydrogen-bond donors (Lipinski definition) is 1. The number of benzene rings is 2. The second-order valence-electron chi connectivity index (χ2n) is 8.53. The molecule has 6 nitrogen and oxygen atoms in total. The second kappa shape index (κ2) is 9.30. The van der Waals surface area contributed by atoms with Gasteiger partial charge in [-0.05, 0) is 54.7 Å². The van der Waals surface area contributed by atoms with Crippen molar-refractivity contribution in [2.24, 2.45) is 0 Å². The minimum Gasteiger partial charge on any atom is -0.329 e. The molecule has 35 heavy (non-hydrogen) atoms. The topological polar surface area (TPSA) is 83.6 Å². The van der Waals surface area contributed by atoms with Crippen LogP contribution in [-0.4, -0.2) is 34.4 Å². The van der Waals surface area contributed by atoms with Gasteiger partial charge in [0.2, 0.25) is 5.91 Å². The van der Waals surface area contributed by atoms with Crippen LogP contribution in [0.1, 0.15) is 56.7 Å². The van der Waals surface area contributed by atoms with Crippen molar-refractivity contribution in [2.75, 3.05) is 0 Å². The number of piperidine rings is 1. The Balaban J connectivity index is 1.43. The normalized spacial score (nSPS) is 18.1.